The van der Waals surface area contributed by atoms with Crippen molar-refractivity contribution in [2.75, 3.05) is 31.6 Å². The van der Waals surface area contributed by atoms with Crippen LogP contribution in [0.5, 0.6) is 0 Å². The summed E-state index contributed by atoms with van der Waals surface area (Å²) in [5.74, 6) is -1.64. The Balaban J connectivity index is 2.18. The first-order valence-electron chi connectivity index (χ1n) is 6.83. The van der Waals surface area contributed by atoms with E-state index in [-0.39, 0.29) is 26.3 Å². The van der Waals surface area contributed by atoms with Crippen molar-refractivity contribution >= 4 is 28.4 Å². The molecule has 0 spiro atoms. The van der Waals surface area contributed by atoms with Crippen molar-refractivity contribution in [1.82, 2.24) is 9.88 Å². The molecule has 0 atom stereocenters. The SMILES string of the molecule is O=C(Nc1cccc2cccnc12)C(=O)N(CCO)CCO. The van der Waals surface area contributed by atoms with Crippen molar-refractivity contribution < 1.29 is 19.8 Å². The van der Waals surface area contributed by atoms with E-state index in [0.29, 0.717) is 11.2 Å². The normalized spacial score (nSPS) is 10.5. The van der Waals surface area contributed by atoms with E-state index in [0.717, 1.165) is 10.3 Å². The monoisotopic (exact) mass is 303 g/mol. The van der Waals surface area contributed by atoms with Crippen molar-refractivity contribution in [3.05, 3.63) is 36.5 Å². The number of amides is 2. The third-order valence-corrected chi connectivity index (χ3v) is 3.10. The zero-order chi connectivity index (χ0) is 15.9. The van der Waals surface area contributed by atoms with Gasteiger partial charge < -0.3 is 20.4 Å². The molecule has 3 N–H and O–H groups in total. The van der Waals surface area contributed by atoms with Crippen LogP contribution in [-0.4, -0.2) is 58.2 Å². The predicted octanol–water partition coefficient (Wildman–Crippen LogP) is -0.0135. The van der Waals surface area contributed by atoms with Crippen LogP contribution in [0.4, 0.5) is 5.69 Å². The molecule has 2 aromatic rings. The maximum absolute atomic E-state index is 12.1. The molecular weight excluding hydrogens is 286 g/mol. The van der Waals surface area contributed by atoms with Gasteiger partial charge in [0.1, 0.15) is 0 Å². The van der Waals surface area contributed by atoms with E-state index < -0.39 is 11.8 Å². The lowest BCUT2D eigenvalue weighted by Gasteiger charge is -2.19. The number of anilines is 1. The summed E-state index contributed by atoms with van der Waals surface area (Å²) in [7, 11) is 0. The van der Waals surface area contributed by atoms with Crippen LogP contribution in [0.25, 0.3) is 10.9 Å². The zero-order valence-electron chi connectivity index (χ0n) is 11.9. The molecule has 0 bridgehead atoms. The van der Waals surface area contributed by atoms with Gasteiger partial charge in [0, 0.05) is 24.7 Å². The van der Waals surface area contributed by atoms with Crippen LogP contribution in [-0.2, 0) is 9.59 Å². The molecule has 7 heteroatoms. The standard InChI is InChI=1S/C15H17N3O4/c19-9-7-18(8-10-20)15(22)14(21)17-12-5-1-3-11-4-2-6-16-13(11)12/h1-6,19-20H,7-10H2,(H,17,21). The number of aliphatic hydroxyl groups excluding tert-OH is 2. The Morgan fingerprint density at radius 3 is 2.45 bits per heavy atom. The van der Waals surface area contributed by atoms with E-state index in [1.54, 1.807) is 24.4 Å². The van der Waals surface area contributed by atoms with Gasteiger partial charge in [0.25, 0.3) is 0 Å². The Kier molecular flexibility index (Phi) is 5.40. The second kappa shape index (κ2) is 7.48. The number of para-hydroxylation sites is 1. The first-order chi connectivity index (χ1) is 10.7. The summed E-state index contributed by atoms with van der Waals surface area (Å²) >= 11 is 0. The zero-order valence-corrected chi connectivity index (χ0v) is 11.9. The summed E-state index contributed by atoms with van der Waals surface area (Å²) in [5, 5.41) is 21.2. The van der Waals surface area contributed by atoms with E-state index in [4.69, 9.17) is 10.2 Å². The minimum absolute atomic E-state index is 0.0133. The number of rotatable bonds is 5. The number of aliphatic hydroxyl groups is 2. The first kappa shape index (κ1) is 15.9. The Morgan fingerprint density at radius 1 is 1.09 bits per heavy atom. The fourth-order valence-corrected chi connectivity index (χ4v) is 2.08. The minimum Gasteiger partial charge on any atom is -0.395 e. The fraction of sp³-hybridized carbons (Fsp3) is 0.267. The van der Waals surface area contributed by atoms with E-state index >= 15 is 0 Å². The smallest absolute Gasteiger partial charge is 0.313 e. The second-order valence-electron chi connectivity index (χ2n) is 4.57. The fourth-order valence-electron chi connectivity index (χ4n) is 2.08. The number of benzene rings is 1. The first-order valence-corrected chi connectivity index (χ1v) is 6.83. The Labute approximate surface area is 127 Å². The molecule has 2 amide bonds. The number of fused-ring (bicyclic) bond motifs is 1. The third-order valence-electron chi connectivity index (χ3n) is 3.10. The average Bonchev–Trinajstić information content (AvgIpc) is 2.54. The lowest BCUT2D eigenvalue weighted by molar-refractivity contribution is -0.143. The van der Waals surface area contributed by atoms with E-state index in [9.17, 15) is 9.59 Å². The van der Waals surface area contributed by atoms with Crippen LogP contribution >= 0.6 is 0 Å². The van der Waals surface area contributed by atoms with Gasteiger partial charge in [-0.2, -0.15) is 0 Å². The number of pyridine rings is 1. The van der Waals surface area contributed by atoms with Crippen LogP contribution in [0.3, 0.4) is 0 Å². The number of hydrogen-bond acceptors (Lipinski definition) is 5. The van der Waals surface area contributed by atoms with Crippen molar-refractivity contribution in [3.63, 3.8) is 0 Å². The lowest BCUT2D eigenvalue weighted by atomic mass is 10.2. The van der Waals surface area contributed by atoms with Crippen LogP contribution in [0.2, 0.25) is 0 Å². The molecule has 116 valence electrons. The molecule has 0 radical (unpaired) electrons. The summed E-state index contributed by atoms with van der Waals surface area (Å²) in [6, 6.07) is 8.89. The maximum atomic E-state index is 12.1. The predicted molar refractivity (Wildman–Crippen MR) is 81.1 cm³/mol. The molecule has 0 saturated carbocycles. The molecule has 0 aliphatic carbocycles. The van der Waals surface area contributed by atoms with Gasteiger partial charge in [0.2, 0.25) is 0 Å². The summed E-state index contributed by atoms with van der Waals surface area (Å²) < 4.78 is 0. The van der Waals surface area contributed by atoms with Crippen LogP contribution < -0.4 is 5.32 Å². The van der Waals surface area contributed by atoms with Crippen molar-refractivity contribution in [2.45, 2.75) is 0 Å². The van der Waals surface area contributed by atoms with E-state index in [1.165, 1.54) is 0 Å². The highest BCUT2D eigenvalue weighted by molar-refractivity contribution is 6.40. The molecule has 1 heterocycles. The molecule has 1 aromatic carbocycles. The highest BCUT2D eigenvalue weighted by atomic mass is 16.3. The minimum atomic E-state index is -0.833. The molecule has 2 rings (SSSR count). The van der Waals surface area contributed by atoms with Gasteiger partial charge in [0.05, 0.1) is 24.4 Å². The highest BCUT2D eigenvalue weighted by Crippen LogP contribution is 2.20. The molecule has 0 aliphatic rings. The molecule has 7 nitrogen and oxygen atoms in total. The Hall–Kier alpha value is -2.51. The number of aromatic nitrogens is 1. The van der Waals surface area contributed by atoms with Gasteiger partial charge in [-0.1, -0.05) is 18.2 Å². The number of nitrogens with one attached hydrogen (secondary N) is 1. The van der Waals surface area contributed by atoms with Gasteiger partial charge in [-0.25, -0.2) is 0 Å². The number of nitrogens with zero attached hydrogens (tertiary/aromatic N) is 2. The molecule has 0 fully saturated rings. The van der Waals surface area contributed by atoms with Crippen molar-refractivity contribution in [3.8, 4) is 0 Å². The van der Waals surface area contributed by atoms with Gasteiger partial charge in [-0.3, -0.25) is 14.6 Å². The largest absolute Gasteiger partial charge is 0.395 e. The third kappa shape index (κ3) is 3.57. The van der Waals surface area contributed by atoms with Crippen LogP contribution in [0.1, 0.15) is 0 Å². The number of carbonyl (C=O) groups excluding carboxylic acids is 2. The molecule has 1 aromatic heterocycles. The molecule has 22 heavy (non-hydrogen) atoms. The van der Waals surface area contributed by atoms with Crippen molar-refractivity contribution in [2.24, 2.45) is 0 Å². The quantitative estimate of drug-likeness (QED) is 0.674. The summed E-state index contributed by atoms with van der Waals surface area (Å²) in [6.07, 6.45) is 1.60. The Bertz CT molecular complexity index is 663. The summed E-state index contributed by atoms with van der Waals surface area (Å²) in [5.41, 5.74) is 1.02. The summed E-state index contributed by atoms with van der Waals surface area (Å²) in [6.45, 7) is -0.592. The van der Waals surface area contributed by atoms with Gasteiger partial charge in [0.15, 0.2) is 0 Å². The van der Waals surface area contributed by atoms with Gasteiger partial charge >= 0.3 is 11.8 Å². The van der Waals surface area contributed by atoms with E-state index in [1.807, 2.05) is 12.1 Å². The van der Waals surface area contributed by atoms with Gasteiger partial charge in [-0.15, -0.1) is 0 Å². The number of hydrogen-bond donors (Lipinski definition) is 3. The average molecular weight is 303 g/mol. The van der Waals surface area contributed by atoms with Crippen molar-refractivity contribution in [1.29, 1.82) is 0 Å². The molecule has 0 unspecified atom stereocenters. The molecule has 0 saturated heterocycles. The molecular formula is C15H17N3O4. The Morgan fingerprint density at radius 2 is 1.77 bits per heavy atom. The maximum Gasteiger partial charge on any atom is 0.313 e. The molecule has 0 aliphatic heterocycles. The summed E-state index contributed by atoms with van der Waals surface area (Å²) in [4.78, 5) is 29.4. The second-order valence-corrected chi connectivity index (χ2v) is 4.57. The van der Waals surface area contributed by atoms with Crippen LogP contribution in [0, 0.1) is 0 Å². The topological polar surface area (TPSA) is 103 Å². The highest BCUT2D eigenvalue weighted by Gasteiger charge is 2.21. The number of carbonyl (C=O) groups is 2. The van der Waals surface area contributed by atoms with E-state index in [2.05, 4.69) is 10.3 Å². The van der Waals surface area contributed by atoms with Gasteiger partial charge in [-0.05, 0) is 12.1 Å². The van der Waals surface area contributed by atoms with Crippen LogP contribution in [0.15, 0.2) is 36.5 Å². The lowest BCUT2D eigenvalue weighted by Crippen LogP contribution is -2.42.